The summed E-state index contributed by atoms with van der Waals surface area (Å²) in [5.41, 5.74) is 16.1. The van der Waals surface area contributed by atoms with Crippen molar-refractivity contribution in [3.05, 3.63) is 48.4 Å². The first kappa shape index (κ1) is 18.7. The fraction of sp³-hybridized carbons (Fsp3) is 0.364. The summed E-state index contributed by atoms with van der Waals surface area (Å²) >= 11 is 0. The second-order valence-corrected chi connectivity index (χ2v) is 8.26. The number of hydrazine groups is 1. The summed E-state index contributed by atoms with van der Waals surface area (Å²) < 4.78 is 1.89. The van der Waals surface area contributed by atoms with Gasteiger partial charge in [0.15, 0.2) is 0 Å². The summed E-state index contributed by atoms with van der Waals surface area (Å²) in [4.78, 5) is 4.57. The molecule has 1 aliphatic heterocycles. The molecule has 5 rings (SSSR count). The van der Waals surface area contributed by atoms with Crippen molar-refractivity contribution in [3.63, 3.8) is 0 Å². The van der Waals surface area contributed by atoms with Gasteiger partial charge in [-0.3, -0.25) is 15.1 Å². The Balaban J connectivity index is 1.59. The molecule has 3 heterocycles. The Kier molecular flexibility index (Phi) is 4.48. The summed E-state index contributed by atoms with van der Waals surface area (Å²) in [6.07, 6.45) is 7.14. The van der Waals surface area contributed by atoms with Crippen LogP contribution in [0.1, 0.15) is 30.7 Å². The van der Waals surface area contributed by atoms with Gasteiger partial charge >= 0.3 is 0 Å². The van der Waals surface area contributed by atoms with Gasteiger partial charge in [-0.15, -0.1) is 0 Å². The average molecular weight is 398 g/mol. The van der Waals surface area contributed by atoms with Crippen LogP contribution >= 0.6 is 0 Å². The summed E-state index contributed by atoms with van der Waals surface area (Å²) in [6, 6.07) is 12.8. The summed E-state index contributed by atoms with van der Waals surface area (Å²) in [6.45, 7) is 0.749. The largest absolute Gasteiger partial charge is 0.314 e. The molecular formula is C22H22N8. The van der Waals surface area contributed by atoms with E-state index in [1.807, 2.05) is 23.1 Å². The van der Waals surface area contributed by atoms with E-state index in [9.17, 15) is 10.5 Å². The molecule has 0 amide bonds. The van der Waals surface area contributed by atoms with Gasteiger partial charge in [-0.05, 0) is 42.2 Å². The molecule has 0 radical (unpaired) electrons. The second kappa shape index (κ2) is 7.19. The zero-order valence-electron chi connectivity index (χ0n) is 16.4. The molecule has 2 atom stereocenters. The predicted octanol–water partition coefficient (Wildman–Crippen LogP) is 2.12. The van der Waals surface area contributed by atoms with Crippen LogP contribution in [0.3, 0.4) is 0 Å². The number of hydrogen-bond acceptors (Lipinski definition) is 7. The average Bonchev–Trinajstić information content (AvgIpc) is 3.39. The summed E-state index contributed by atoms with van der Waals surface area (Å²) in [5, 5.41) is 24.2. The number of nitrogens with zero attached hydrogens (tertiary/aromatic N) is 5. The van der Waals surface area contributed by atoms with Crippen molar-refractivity contribution < 1.29 is 0 Å². The zero-order chi connectivity index (χ0) is 20.7. The second-order valence-electron chi connectivity index (χ2n) is 8.26. The van der Waals surface area contributed by atoms with E-state index in [4.69, 9.17) is 5.73 Å². The van der Waals surface area contributed by atoms with Gasteiger partial charge in [0.05, 0.1) is 47.9 Å². The van der Waals surface area contributed by atoms with Crippen LogP contribution in [0, 0.1) is 28.6 Å². The lowest BCUT2D eigenvalue weighted by Crippen LogP contribution is -2.46. The fourth-order valence-electron chi connectivity index (χ4n) is 4.73. The normalized spacial score (nSPS) is 28.0. The Morgan fingerprint density at radius 3 is 2.90 bits per heavy atom. The van der Waals surface area contributed by atoms with Crippen LogP contribution in [0.2, 0.25) is 0 Å². The van der Waals surface area contributed by atoms with E-state index >= 15 is 0 Å². The van der Waals surface area contributed by atoms with E-state index in [-0.39, 0.29) is 23.5 Å². The first-order chi connectivity index (χ1) is 14.6. The maximum absolute atomic E-state index is 9.33. The van der Waals surface area contributed by atoms with Crippen molar-refractivity contribution in [1.29, 1.82) is 10.5 Å². The standard InChI is InChI=1S/C22H22N8/c23-4-3-22(8-14(9-22)10-24)30-13-16(11-28-30)18-6-15(19-12-27-29-21(19)25)7-20-17(18)2-1-5-26-20/h1-2,5-7,11,13-14,19,21,27,29H,3,8-9,12,25H2. The van der Waals surface area contributed by atoms with Crippen molar-refractivity contribution in [3.8, 4) is 23.3 Å². The van der Waals surface area contributed by atoms with Crippen LogP contribution < -0.4 is 16.6 Å². The molecule has 1 saturated heterocycles. The molecule has 30 heavy (non-hydrogen) atoms. The third kappa shape index (κ3) is 2.94. The minimum atomic E-state index is -0.388. The van der Waals surface area contributed by atoms with Crippen LogP contribution in [0.4, 0.5) is 0 Å². The highest BCUT2D eigenvalue weighted by Crippen LogP contribution is 2.46. The molecule has 0 bridgehead atoms. The molecule has 2 unspecified atom stereocenters. The summed E-state index contributed by atoms with van der Waals surface area (Å²) in [5.74, 6) is 0.126. The first-order valence-electron chi connectivity index (χ1n) is 10.1. The Morgan fingerprint density at radius 1 is 1.30 bits per heavy atom. The van der Waals surface area contributed by atoms with E-state index in [0.29, 0.717) is 19.3 Å². The van der Waals surface area contributed by atoms with E-state index in [0.717, 1.165) is 34.1 Å². The zero-order valence-corrected chi connectivity index (χ0v) is 16.4. The molecule has 2 aromatic heterocycles. The summed E-state index contributed by atoms with van der Waals surface area (Å²) in [7, 11) is 0. The maximum Gasteiger partial charge on any atom is 0.0782 e. The number of benzene rings is 1. The third-order valence-corrected chi connectivity index (χ3v) is 6.42. The number of pyridine rings is 1. The smallest absolute Gasteiger partial charge is 0.0782 e. The lowest BCUT2D eigenvalue weighted by molar-refractivity contribution is 0.0882. The minimum absolute atomic E-state index is 0.0109. The quantitative estimate of drug-likeness (QED) is 0.614. The number of nitriles is 2. The minimum Gasteiger partial charge on any atom is -0.314 e. The number of nitrogens with two attached hydrogens (primary N) is 1. The van der Waals surface area contributed by atoms with Gasteiger partial charge in [-0.2, -0.15) is 15.6 Å². The Morgan fingerprint density at radius 2 is 2.17 bits per heavy atom. The van der Waals surface area contributed by atoms with Gasteiger partial charge in [0.2, 0.25) is 0 Å². The van der Waals surface area contributed by atoms with Gasteiger partial charge < -0.3 is 5.73 Å². The molecule has 1 aliphatic carbocycles. The van der Waals surface area contributed by atoms with Crippen molar-refractivity contribution in [2.24, 2.45) is 11.7 Å². The van der Waals surface area contributed by atoms with E-state index in [2.05, 4.69) is 51.3 Å². The van der Waals surface area contributed by atoms with E-state index in [1.165, 1.54) is 0 Å². The van der Waals surface area contributed by atoms with Gasteiger partial charge in [0, 0.05) is 35.8 Å². The third-order valence-electron chi connectivity index (χ3n) is 6.42. The van der Waals surface area contributed by atoms with Crippen LogP contribution in [0.5, 0.6) is 0 Å². The highest BCUT2D eigenvalue weighted by atomic mass is 15.4. The van der Waals surface area contributed by atoms with Crippen LogP contribution in [-0.4, -0.2) is 27.5 Å². The number of fused-ring (bicyclic) bond motifs is 1. The van der Waals surface area contributed by atoms with Gasteiger partial charge in [-0.1, -0.05) is 6.07 Å². The highest BCUT2D eigenvalue weighted by molar-refractivity contribution is 5.95. The lowest BCUT2D eigenvalue weighted by Gasteiger charge is -2.43. The molecule has 0 spiro atoms. The Hall–Kier alpha value is -3.30. The number of hydrogen-bond donors (Lipinski definition) is 3. The molecule has 8 nitrogen and oxygen atoms in total. The fourth-order valence-corrected chi connectivity index (χ4v) is 4.73. The van der Waals surface area contributed by atoms with Gasteiger partial charge in [0.25, 0.3) is 0 Å². The van der Waals surface area contributed by atoms with Crippen molar-refractivity contribution in [2.45, 2.75) is 36.9 Å². The van der Waals surface area contributed by atoms with Crippen molar-refractivity contribution in [2.75, 3.05) is 6.54 Å². The topological polar surface area (TPSA) is 128 Å². The SMILES string of the molecule is N#CCC1(n2cc(-c3cc(C4CNNC4N)cc4ncccc34)cn2)CC(C#N)C1. The molecule has 4 N–H and O–H groups in total. The molecule has 3 aromatic rings. The molecule has 8 heteroatoms. The van der Waals surface area contributed by atoms with Crippen LogP contribution in [0.25, 0.3) is 22.0 Å². The van der Waals surface area contributed by atoms with Gasteiger partial charge in [-0.25, -0.2) is 5.43 Å². The molecule has 1 aromatic carbocycles. The predicted molar refractivity (Wildman–Crippen MR) is 111 cm³/mol. The maximum atomic E-state index is 9.33. The van der Waals surface area contributed by atoms with Crippen molar-refractivity contribution >= 4 is 10.9 Å². The van der Waals surface area contributed by atoms with Crippen LogP contribution in [-0.2, 0) is 5.54 Å². The number of nitrogens with one attached hydrogen (secondary N) is 2. The van der Waals surface area contributed by atoms with Crippen molar-refractivity contribution in [1.82, 2.24) is 25.6 Å². The highest BCUT2D eigenvalue weighted by Gasteiger charge is 2.46. The van der Waals surface area contributed by atoms with E-state index in [1.54, 1.807) is 6.20 Å². The van der Waals surface area contributed by atoms with Gasteiger partial charge in [0.1, 0.15) is 0 Å². The first-order valence-corrected chi connectivity index (χ1v) is 10.1. The Labute approximate surface area is 174 Å². The van der Waals surface area contributed by atoms with Crippen LogP contribution in [0.15, 0.2) is 42.9 Å². The molecule has 1 saturated carbocycles. The van der Waals surface area contributed by atoms with E-state index < -0.39 is 0 Å². The molecule has 2 fully saturated rings. The Bertz CT molecular complexity index is 1180. The number of aromatic nitrogens is 3. The molecule has 150 valence electrons. The molecular weight excluding hydrogens is 376 g/mol. The number of rotatable bonds is 4. The molecule has 2 aliphatic rings. The monoisotopic (exact) mass is 398 g/mol. The lowest BCUT2D eigenvalue weighted by atomic mass is 9.67.